The number of anilines is 2. The molecule has 10 nitrogen and oxygen atoms in total. The Morgan fingerprint density at radius 1 is 1.11 bits per heavy atom. The fraction of sp³-hybridized carbons (Fsp3) is 0.273. The minimum Gasteiger partial charge on any atom is -0.461 e. The molecule has 1 saturated heterocycles. The van der Waals surface area contributed by atoms with Crippen molar-refractivity contribution in [3.63, 3.8) is 0 Å². The van der Waals surface area contributed by atoms with Crippen LogP contribution in [0.1, 0.15) is 0 Å². The van der Waals surface area contributed by atoms with Crippen LogP contribution in [0.5, 0.6) is 0 Å². The third-order valence-corrected chi connectivity index (χ3v) is 7.38. The number of rotatable bonds is 5. The third-order valence-electron chi connectivity index (χ3n) is 6.14. The Bertz CT molecular complexity index is 1580. The number of nitrogens with zero attached hydrogens (tertiary/aromatic N) is 7. The topological polar surface area (TPSA) is 111 Å². The number of nitrogens with two attached hydrogens (primary N) is 1. The molecular weight excluding hydrogens is 491 g/mol. The molecule has 0 amide bonds. The number of piperazine rings is 1. The molecule has 1 fully saturated rings. The summed E-state index contributed by atoms with van der Waals surface area (Å²) in [5.41, 5.74) is 7.72. The number of furan rings is 1. The molecule has 6 rings (SSSR count). The van der Waals surface area contributed by atoms with Crippen molar-refractivity contribution in [2.45, 2.75) is 11.4 Å². The smallest absolute Gasteiger partial charge is 0.309 e. The number of thiazole rings is 1. The van der Waals surface area contributed by atoms with E-state index < -0.39 is 0 Å². The van der Waals surface area contributed by atoms with Gasteiger partial charge in [-0.2, -0.15) is 9.50 Å². The molecule has 2 N–H and O–H groups in total. The van der Waals surface area contributed by atoms with Crippen molar-refractivity contribution in [1.82, 2.24) is 29.0 Å². The standard InChI is InChI=1S/C22H21FN8O2S2/c23-14-12-13(34)3-4-15(14)29-8-5-28(6-9-29)7-10-30-19-17(35-22(30)32)20-25-18(16-2-1-11-33-16)27-31(20)21(24)26-19/h1-4,11-12,34H,5-10H2,(H2,24,26). The highest BCUT2D eigenvalue weighted by Crippen LogP contribution is 2.26. The SMILES string of the molecule is Nc1nc2c(sc(=O)n2CCN2CCN(c3ccc(S)cc3F)CC2)c2nc(-c3ccco3)nn12. The van der Waals surface area contributed by atoms with Crippen molar-refractivity contribution in [1.29, 1.82) is 0 Å². The highest BCUT2D eigenvalue weighted by atomic mass is 32.1. The highest BCUT2D eigenvalue weighted by molar-refractivity contribution is 7.80. The van der Waals surface area contributed by atoms with E-state index in [0.717, 1.165) is 24.4 Å². The van der Waals surface area contributed by atoms with Gasteiger partial charge in [0.15, 0.2) is 17.1 Å². The molecule has 0 unspecified atom stereocenters. The van der Waals surface area contributed by atoms with Crippen LogP contribution in [0.15, 0.2) is 50.7 Å². The van der Waals surface area contributed by atoms with Gasteiger partial charge in [0.25, 0.3) is 0 Å². The Kier molecular flexibility index (Phi) is 5.46. The zero-order valence-corrected chi connectivity index (χ0v) is 20.2. The first-order chi connectivity index (χ1) is 17.0. The summed E-state index contributed by atoms with van der Waals surface area (Å²) in [5, 5.41) is 4.38. The Morgan fingerprint density at radius 2 is 1.94 bits per heavy atom. The zero-order chi connectivity index (χ0) is 24.1. The molecule has 0 saturated carbocycles. The van der Waals surface area contributed by atoms with E-state index in [1.54, 1.807) is 35.1 Å². The van der Waals surface area contributed by atoms with E-state index >= 15 is 0 Å². The second kappa shape index (κ2) is 8.66. The lowest BCUT2D eigenvalue weighted by Gasteiger charge is -2.36. The van der Waals surface area contributed by atoms with Crippen LogP contribution in [0.4, 0.5) is 16.0 Å². The fourth-order valence-corrected chi connectivity index (χ4v) is 5.46. The van der Waals surface area contributed by atoms with Crippen LogP contribution in [0, 0.1) is 5.82 Å². The summed E-state index contributed by atoms with van der Waals surface area (Å²) >= 11 is 5.27. The number of fused-ring (bicyclic) bond motifs is 3. The quantitative estimate of drug-likeness (QED) is 0.346. The van der Waals surface area contributed by atoms with Crippen LogP contribution in [-0.4, -0.2) is 61.8 Å². The number of hydrogen-bond donors (Lipinski definition) is 2. The van der Waals surface area contributed by atoms with E-state index in [-0.39, 0.29) is 16.6 Å². The summed E-state index contributed by atoms with van der Waals surface area (Å²) in [6, 6.07) is 8.50. The van der Waals surface area contributed by atoms with Gasteiger partial charge in [-0.05, 0) is 30.3 Å². The molecule has 0 bridgehead atoms. The molecule has 1 aliphatic rings. The molecule has 0 radical (unpaired) electrons. The van der Waals surface area contributed by atoms with Crippen LogP contribution in [0.25, 0.3) is 27.6 Å². The first kappa shape index (κ1) is 22.1. The van der Waals surface area contributed by atoms with Gasteiger partial charge in [-0.15, -0.1) is 17.7 Å². The molecule has 5 aromatic rings. The summed E-state index contributed by atoms with van der Waals surface area (Å²) < 4.78 is 23.4. The molecule has 0 aliphatic carbocycles. The molecule has 0 atom stereocenters. The van der Waals surface area contributed by atoms with E-state index in [1.807, 2.05) is 4.90 Å². The summed E-state index contributed by atoms with van der Waals surface area (Å²) in [7, 11) is 0. The van der Waals surface area contributed by atoms with Crippen molar-refractivity contribution < 1.29 is 8.81 Å². The average Bonchev–Trinajstić information content (AvgIpc) is 3.58. The second-order valence-corrected chi connectivity index (χ2v) is 9.73. The Labute approximate surface area is 207 Å². The number of nitrogen functional groups attached to an aromatic ring is 1. The lowest BCUT2D eigenvalue weighted by molar-refractivity contribution is 0.248. The Morgan fingerprint density at radius 3 is 2.69 bits per heavy atom. The minimum absolute atomic E-state index is 0.130. The molecule has 1 aromatic carbocycles. The summed E-state index contributed by atoms with van der Waals surface area (Å²) in [6.45, 7) is 4.04. The number of thiol groups is 1. The fourth-order valence-electron chi connectivity index (χ4n) is 4.34. The van der Waals surface area contributed by atoms with Gasteiger partial charge in [0, 0.05) is 44.2 Å². The Hall–Kier alpha value is -3.42. The van der Waals surface area contributed by atoms with Gasteiger partial charge in [0.1, 0.15) is 10.5 Å². The first-order valence-corrected chi connectivity index (χ1v) is 12.3. The van der Waals surface area contributed by atoms with Gasteiger partial charge in [0.2, 0.25) is 11.8 Å². The van der Waals surface area contributed by atoms with E-state index in [0.29, 0.717) is 64.3 Å². The highest BCUT2D eigenvalue weighted by Gasteiger charge is 2.22. The van der Waals surface area contributed by atoms with Gasteiger partial charge in [0.05, 0.1) is 12.0 Å². The van der Waals surface area contributed by atoms with E-state index in [1.165, 1.54) is 10.6 Å². The summed E-state index contributed by atoms with van der Waals surface area (Å²) in [4.78, 5) is 26.6. The van der Waals surface area contributed by atoms with Crippen LogP contribution < -0.4 is 15.5 Å². The summed E-state index contributed by atoms with van der Waals surface area (Å²) in [6.07, 6.45) is 1.54. The lowest BCUT2D eigenvalue weighted by Crippen LogP contribution is -2.47. The van der Waals surface area contributed by atoms with Crippen LogP contribution in [0.2, 0.25) is 0 Å². The van der Waals surface area contributed by atoms with Gasteiger partial charge in [-0.1, -0.05) is 11.3 Å². The molecule has 180 valence electrons. The molecular formula is C22H21FN8O2S2. The predicted octanol–water partition coefficient (Wildman–Crippen LogP) is 2.59. The maximum atomic E-state index is 14.3. The van der Waals surface area contributed by atoms with Crippen LogP contribution in [-0.2, 0) is 6.54 Å². The van der Waals surface area contributed by atoms with E-state index in [2.05, 4.69) is 32.6 Å². The van der Waals surface area contributed by atoms with Crippen LogP contribution in [0.3, 0.4) is 0 Å². The third kappa shape index (κ3) is 3.94. The molecule has 35 heavy (non-hydrogen) atoms. The maximum absolute atomic E-state index is 14.3. The molecule has 13 heteroatoms. The monoisotopic (exact) mass is 512 g/mol. The normalized spacial score (nSPS) is 15.0. The van der Waals surface area contributed by atoms with Gasteiger partial charge < -0.3 is 15.1 Å². The van der Waals surface area contributed by atoms with Gasteiger partial charge in [-0.3, -0.25) is 14.3 Å². The number of halogens is 1. The Balaban J connectivity index is 1.21. The second-order valence-electron chi connectivity index (χ2n) is 8.25. The van der Waals surface area contributed by atoms with Crippen molar-refractivity contribution in [3.05, 3.63) is 52.1 Å². The largest absolute Gasteiger partial charge is 0.461 e. The average molecular weight is 513 g/mol. The number of hydrogen-bond acceptors (Lipinski definition) is 10. The summed E-state index contributed by atoms with van der Waals surface area (Å²) in [5.74, 6) is 0.767. The predicted molar refractivity (Wildman–Crippen MR) is 135 cm³/mol. The van der Waals surface area contributed by atoms with Crippen molar-refractivity contribution in [2.24, 2.45) is 0 Å². The molecule has 0 spiro atoms. The van der Waals surface area contributed by atoms with Crippen molar-refractivity contribution in [3.8, 4) is 11.6 Å². The molecule has 4 aromatic heterocycles. The number of benzene rings is 1. The van der Waals surface area contributed by atoms with Crippen molar-refractivity contribution in [2.75, 3.05) is 43.4 Å². The van der Waals surface area contributed by atoms with E-state index in [4.69, 9.17) is 10.2 Å². The van der Waals surface area contributed by atoms with E-state index in [9.17, 15) is 9.18 Å². The maximum Gasteiger partial charge on any atom is 0.309 e. The number of aromatic nitrogens is 5. The van der Waals surface area contributed by atoms with Crippen molar-refractivity contribution >= 4 is 51.6 Å². The zero-order valence-electron chi connectivity index (χ0n) is 18.5. The molecule has 5 heterocycles. The minimum atomic E-state index is -0.263. The lowest BCUT2D eigenvalue weighted by atomic mass is 10.2. The van der Waals surface area contributed by atoms with Gasteiger partial charge >= 0.3 is 4.87 Å². The van der Waals surface area contributed by atoms with Crippen LogP contribution >= 0.6 is 24.0 Å². The molecule has 1 aliphatic heterocycles. The first-order valence-electron chi connectivity index (χ1n) is 11.0. The van der Waals surface area contributed by atoms with Gasteiger partial charge in [-0.25, -0.2) is 9.37 Å².